The van der Waals surface area contributed by atoms with Gasteiger partial charge in [0.2, 0.25) is 0 Å². The number of likely N-dealkylation sites (N-methyl/N-ethyl adjacent to an activating group) is 1. The molecule has 246 valence electrons. The molecule has 12 heteroatoms. The number of hydrogen-bond donors (Lipinski definition) is 0. The summed E-state index contributed by atoms with van der Waals surface area (Å²) in [4.78, 5) is 28.0. The van der Waals surface area contributed by atoms with E-state index in [1.54, 1.807) is 13.4 Å². The van der Waals surface area contributed by atoms with Gasteiger partial charge in [0.25, 0.3) is 5.91 Å². The second-order valence-corrected chi connectivity index (χ2v) is 12.7. The summed E-state index contributed by atoms with van der Waals surface area (Å²) in [5.41, 5.74) is 3.00. The monoisotopic (exact) mass is 668 g/mol. The summed E-state index contributed by atoms with van der Waals surface area (Å²) >= 11 is 6.77. The lowest BCUT2D eigenvalue weighted by Gasteiger charge is -2.41. The van der Waals surface area contributed by atoms with Crippen LogP contribution in [0.1, 0.15) is 12.8 Å². The molecule has 0 saturated carbocycles. The highest BCUT2D eigenvalue weighted by atomic mass is 35.5. The van der Waals surface area contributed by atoms with E-state index in [0.29, 0.717) is 40.5 Å². The fraction of sp³-hybridized carbons (Fsp3) is 0.333. The molecule has 2 aliphatic heterocycles. The molecule has 4 heterocycles. The van der Waals surface area contributed by atoms with E-state index in [9.17, 15) is 14.4 Å². The standard InChI is InChI=1S/C36H34ClFN6O4/c1-21(38)35(45)44-14-13-43(18-23(44)10-12-39)34-32-30(40-36(41-34)48-20-24-16-25(46-3)19-42(24)2)17-28(27-11-15-47-33(27)32)26-8-4-6-22-7-5-9-29(37)31(22)26/h4-9,11,15,17,23-25H,1,10,13-14,16,18-20H2,2-3H3/t23?,24-,25+/m0/s1. The van der Waals surface area contributed by atoms with E-state index < -0.39 is 17.8 Å². The number of piperazine rings is 1. The maximum atomic E-state index is 13.9. The highest BCUT2D eigenvalue weighted by molar-refractivity contribution is 6.37. The van der Waals surface area contributed by atoms with Gasteiger partial charge in [-0.25, -0.2) is 4.39 Å². The van der Waals surface area contributed by atoms with Gasteiger partial charge < -0.3 is 23.7 Å². The summed E-state index contributed by atoms with van der Waals surface area (Å²) in [6.45, 7) is 5.09. The van der Waals surface area contributed by atoms with Crippen molar-refractivity contribution in [3.63, 3.8) is 0 Å². The number of aromatic nitrogens is 2. The van der Waals surface area contributed by atoms with Crippen molar-refractivity contribution in [3.8, 4) is 23.2 Å². The summed E-state index contributed by atoms with van der Waals surface area (Å²) in [6, 6.07) is 17.7. The van der Waals surface area contributed by atoms with Crippen molar-refractivity contribution in [1.29, 1.82) is 5.26 Å². The SMILES string of the molecule is C=C(F)C(=O)N1CCN(c2nc(OC[C@@H]3C[C@@H](OC)CN3C)nc3cc(-c4cccc5cccc(Cl)c45)c4ccoc4c23)CC1CC#N. The minimum absolute atomic E-state index is 0.0126. The van der Waals surface area contributed by atoms with Gasteiger partial charge in [0.15, 0.2) is 5.83 Å². The Morgan fingerprint density at radius 2 is 1.94 bits per heavy atom. The van der Waals surface area contributed by atoms with Crippen molar-refractivity contribution < 1.29 is 23.1 Å². The summed E-state index contributed by atoms with van der Waals surface area (Å²) < 4.78 is 32.0. The second kappa shape index (κ2) is 13.0. The number of ether oxygens (including phenoxy) is 2. The number of methoxy groups -OCH3 is 1. The Kier molecular flexibility index (Phi) is 8.64. The Bertz CT molecular complexity index is 2090. The average Bonchev–Trinajstić information content (AvgIpc) is 3.73. The zero-order valence-electron chi connectivity index (χ0n) is 26.7. The second-order valence-electron chi connectivity index (χ2n) is 12.3. The number of furan rings is 1. The van der Waals surface area contributed by atoms with Gasteiger partial charge in [-0.2, -0.15) is 15.2 Å². The molecule has 5 aromatic rings. The van der Waals surface area contributed by atoms with E-state index >= 15 is 0 Å². The number of halogens is 2. The lowest BCUT2D eigenvalue weighted by atomic mass is 9.94. The highest BCUT2D eigenvalue weighted by Gasteiger charge is 2.35. The molecule has 48 heavy (non-hydrogen) atoms. The molecule has 2 saturated heterocycles. The minimum atomic E-state index is -1.06. The number of carbonyl (C=O) groups is 1. The van der Waals surface area contributed by atoms with Crippen LogP contribution in [0.3, 0.4) is 0 Å². The maximum absolute atomic E-state index is 13.9. The third-order valence-corrected chi connectivity index (χ3v) is 9.81. The predicted molar refractivity (Wildman–Crippen MR) is 183 cm³/mol. The van der Waals surface area contributed by atoms with Crippen molar-refractivity contribution in [2.24, 2.45) is 0 Å². The number of hydrogen-bond acceptors (Lipinski definition) is 9. The van der Waals surface area contributed by atoms with E-state index in [1.807, 2.05) is 60.5 Å². The number of rotatable bonds is 8. The van der Waals surface area contributed by atoms with Crippen LogP contribution in [-0.2, 0) is 9.53 Å². The van der Waals surface area contributed by atoms with Crippen molar-refractivity contribution in [3.05, 3.63) is 72.2 Å². The first-order valence-electron chi connectivity index (χ1n) is 15.8. The van der Waals surface area contributed by atoms with Gasteiger partial charge in [-0.15, -0.1) is 0 Å². The number of nitriles is 1. The number of amides is 1. The highest BCUT2D eigenvalue weighted by Crippen LogP contribution is 2.43. The molecular weight excluding hydrogens is 635 g/mol. The molecule has 2 fully saturated rings. The Hall–Kier alpha value is -4.76. The molecule has 1 unspecified atom stereocenters. The summed E-state index contributed by atoms with van der Waals surface area (Å²) in [5.74, 6) is -1.32. The summed E-state index contributed by atoms with van der Waals surface area (Å²) in [6.07, 6.45) is 2.59. The van der Waals surface area contributed by atoms with E-state index in [2.05, 4.69) is 17.5 Å². The van der Waals surface area contributed by atoms with E-state index in [4.69, 9.17) is 35.5 Å². The Morgan fingerprint density at radius 1 is 1.12 bits per heavy atom. The van der Waals surface area contributed by atoms with Gasteiger partial charge in [0, 0.05) is 55.1 Å². The topological polar surface area (TPSA) is 108 Å². The molecular formula is C36H34ClFN6O4. The normalized spacial score (nSPS) is 20.1. The zero-order valence-corrected chi connectivity index (χ0v) is 27.4. The largest absolute Gasteiger partial charge is 0.463 e. The van der Waals surface area contributed by atoms with Crippen molar-refractivity contribution in [2.45, 2.75) is 31.0 Å². The van der Waals surface area contributed by atoms with Crippen molar-refractivity contribution >= 4 is 56.0 Å². The third kappa shape index (κ3) is 5.70. The molecule has 0 aliphatic carbocycles. The zero-order chi connectivity index (χ0) is 33.5. The molecule has 2 aliphatic rings. The van der Waals surface area contributed by atoms with E-state index in [1.165, 1.54) is 4.90 Å². The summed E-state index contributed by atoms with van der Waals surface area (Å²) in [5, 5.41) is 13.7. The van der Waals surface area contributed by atoms with Gasteiger partial charge in [-0.3, -0.25) is 9.69 Å². The number of likely N-dealkylation sites (tertiary alicyclic amines) is 1. The minimum Gasteiger partial charge on any atom is -0.463 e. The summed E-state index contributed by atoms with van der Waals surface area (Å²) in [7, 11) is 3.75. The predicted octanol–water partition coefficient (Wildman–Crippen LogP) is 6.36. The first kappa shape index (κ1) is 31.8. The molecule has 1 amide bonds. The number of benzene rings is 3. The van der Waals surface area contributed by atoms with E-state index in [-0.39, 0.29) is 37.7 Å². The quantitative estimate of drug-likeness (QED) is 0.175. The van der Waals surface area contributed by atoms with Gasteiger partial charge >= 0.3 is 6.01 Å². The fourth-order valence-corrected chi connectivity index (χ4v) is 7.33. The Labute approximate surface area is 281 Å². The van der Waals surface area contributed by atoms with Crippen molar-refractivity contribution in [2.75, 3.05) is 51.8 Å². The van der Waals surface area contributed by atoms with Crippen LogP contribution in [0.5, 0.6) is 6.01 Å². The molecule has 0 N–H and O–H groups in total. The Balaban J connectivity index is 1.37. The molecule has 0 spiro atoms. The molecule has 0 bridgehead atoms. The van der Waals surface area contributed by atoms with Crippen LogP contribution in [0.15, 0.2) is 71.6 Å². The third-order valence-electron chi connectivity index (χ3n) is 9.50. The first-order chi connectivity index (χ1) is 23.3. The van der Waals surface area contributed by atoms with Crippen LogP contribution >= 0.6 is 11.6 Å². The molecule has 0 radical (unpaired) electrons. The number of fused-ring (bicyclic) bond motifs is 4. The number of nitrogens with zero attached hydrogens (tertiary/aromatic N) is 6. The van der Waals surface area contributed by atoms with Crippen LogP contribution in [0.2, 0.25) is 5.02 Å². The average molecular weight is 669 g/mol. The fourth-order valence-electron chi connectivity index (χ4n) is 7.05. The number of anilines is 1. The molecule has 3 atom stereocenters. The molecule has 7 rings (SSSR count). The van der Waals surface area contributed by atoms with Gasteiger partial charge in [-0.1, -0.05) is 48.5 Å². The molecule has 2 aromatic heterocycles. The van der Waals surface area contributed by atoms with Crippen LogP contribution in [0.25, 0.3) is 43.8 Å². The lowest BCUT2D eigenvalue weighted by Crippen LogP contribution is -2.55. The molecule has 3 aromatic carbocycles. The van der Waals surface area contributed by atoms with Crippen LogP contribution in [-0.4, -0.2) is 90.8 Å². The van der Waals surface area contributed by atoms with Crippen LogP contribution in [0, 0.1) is 11.3 Å². The van der Waals surface area contributed by atoms with E-state index in [0.717, 1.165) is 40.3 Å². The van der Waals surface area contributed by atoms with Gasteiger partial charge in [0.1, 0.15) is 18.0 Å². The first-order valence-corrected chi connectivity index (χ1v) is 16.2. The van der Waals surface area contributed by atoms with Gasteiger partial charge in [0.05, 0.1) is 41.8 Å². The number of carbonyl (C=O) groups excluding carboxylic acids is 1. The van der Waals surface area contributed by atoms with Crippen molar-refractivity contribution in [1.82, 2.24) is 19.8 Å². The van der Waals surface area contributed by atoms with Crippen LogP contribution < -0.4 is 9.64 Å². The Morgan fingerprint density at radius 3 is 2.69 bits per heavy atom. The van der Waals surface area contributed by atoms with Crippen LogP contribution in [0.4, 0.5) is 10.2 Å². The maximum Gasteiger partial charge on any atom is 0.319 e. The van der Waals surface area contributed by atoms with Gasteiger partial charge in [-0.05, 0) is 48.2 Å². The lowest BCUT2D eigenvalue weighted by molar-refractivity contribution is -0.131. The smallest absolute Gasteiger partial charge is 0.319 e. The molecule has 10 nitrogen and oxygen atoms in total.